The number of rotatable bonds is 0. The number of amides is 2. The molecule has 0 aromatic rings. The van der Waals surface area contributed by atoms with Crippen molar-refractivity contribution in [2.75, 3.05) is 0 Å². The second-order valence-corrected chi connectivity index (χ2v) is 3.12. The fourth-order valence-corrected chi connectivity index (χ4v) is 0.868. The SMILES string of the molecule is O.O.O=C1C=C/C(=C(/[O-])O)N=N1.O=C1C=C/C(=C(/[O-])O)N=N1.[Ni+2].[OH3+].[OH3+]. The van der Waals surface area contributed by atoms with E-state index in [9.17, 15) is 19.8 Å². The predicted octanol–water partition coefficient (Wildman–Crippen LogP) is -4.25. The van der Waals surface area contributed by atoms with E-state index >= 15 is 0 Å². The van der Waals surface area contributed by atoms with Gasteiger partial charge in [0, 0.05) is 12.2 Å². The van der Waals surface area contributed by atoms with Gasteiger partial charge >= 0.3 is 16.5 Å². The molecule has 0 aliphatic carbocycles. The zero-order chi connectivity index (χ0) is 15.1. The van der Waals surface area contributed by atoms with Crippen LogP contribution in [0.25, 0.3) is 0 Å². The van der Waals surface area contributed by atoms with Gasteiger partial charge in [0.05, 0.1) is 11.9 Å². The summed E-state index contributed by atoms with van der Waals surface area (Å²) in [7, 11) is 0. The van der Waals surface area contributed by atoms with Crippen molar-refractivity contribution >= 4 is 11.8 Å². The Bertz CT molecular complexity index is 525. The molecule has 0 atom stereocenters. The summed E-state index contributed by atoms with van der Waals surface area (Å²) in [4.78, 5) is 20.6. The van der Waals surface area contributed by atoms with Crippen molar-refractivity contribution in [3.05, 3.63) is 47.6 Å². The Morgan fingerprint density at radius 2 is 1.00 bits per heavy atom. The number of nitrogens with zero attached hydrogens (tertiary/aromatic N) is 4. The molecular weight excluding hydrogens is 395 g/mol. The number of carbonyl (C=O) groups is 2. The third-order valence-electron chi connectivity index (χ3n) is 1.72. The molecule has 0 saturated heterocycles. The molecule has 15 heteroatoms. The quantitative estimate of drug-likeness (QED) is 0.226. The van der Waals surface area contributed by atoms with Crippen LogP contribution in [-0.2, 0) is 37.0 Å². The van der Waals surface area contributed by atoms with Gasteiger partial charge in [-0.3, -0.25) is 9.59 Å². The standard InChI is InChI=1S/2C5H4N2O3.Ni.4H2O/c2*8-4-2-1-3(5(9)10)6-7-4;;;;;/h2*1-2,9-10H;;4*1H2/q;;+2;;;;. The number of aliphatic hydroxyl groups is 2. The Labute approximate surface area is 149 Å². The maximum absolute atomic E-state index is 10.3. The van der Waals surface area contributed by atoms with Gasteiger partial charge in [-0.05, 0) is 12.2 Å². The maximum atomic E-state index is 10.3. The minimum absolute atomic E-state index is 0. The van der Waals surface area contributed by atoms with E-state index in [2.05, 4.69) is 20.5 Å². The molecule has 2 rings (SSSR count). The third-order valence-corrected chi connectivity index (χ3v) is 1.72. The van der Waals surface area contributed by atoms with E-state index in [-0.39, 0.29) is 49.8 Å². The number of hydrogen-bond acceptors (Lipinski definition) is 8. The zero-order valence-corrected chi connectivity index (χ0v) is 13.1. The van der Waals surface area contributed by atoms with Crippen LogP contribution in [-0.4, -0.2) is 33.0 Å². The van der Waals surface area contributed by atoms with Crippen LogP contribution in [0, 0.1) is 0 Å². The fraction of sp³-hybridized carbons (Fsp3) is 0. The molecule has 0 aromatic carbocycles. The van der Waals surface area contributed by atoms with E-state index in [0.29, 0.717) is 0 Å². The minimum Gasteiger partial charge on any atom is -0.628 e. The van der Waals surface area contributed by atoms with Crippen molar-refractivity contribution in [2.45, 2.75) is 0 Å². The molecule has 2 aliphatic rings. The van der Waals surface area contributed by atoms with Gasteiger partial charge in [-0.2, -0.15) is 0 Å². The van der Waals surface area contributed by atoms with E-state index < -0.39 is 23.7 Å². The molecule has 14 nitrogen and oxygen atoms in total. The molecule has 0 radical (unpaired) electrons. The third kappa shape index (κ3) is 12.2. The molecule has 0 aromatic heterocycles. The summed E-state index contributed by atoms with van der Waals surface area (Å²) in [5, 5.41) is 49.0. The average molecular weight is 411 g/mol. The van der Waals surface area contributed by atoms with Gasteiger partial charge in [0.15, 0.2) is 0 Å². The summed E-state index contributed by atoms with van der Waals surface area (Å²) in [5.74, 6) is -3.45. The molecule has 0 saturated carbocycles. The minimum atomic E-state index is -1.19. The first-order chi connectivity index (χ1) is 9.40. The molecule has 0 bridgehead atoms. The van der Waals surface area contributed by atoms with E-state index in [4.69, 9.17) is 10.2 Å². The normalized spacial score (nSPS) is 17.1. The largest absolute Gasteiger partial charge is 2.00 e. The van der Waals surface area contributed by atoms with Crippen LogP contribution < -0.4 is 10.2 Å². The molecule has 0 spiro atoms. The first kappa shape index (κ1) is 33.6. The molecule has 12 N–H and O–H groups in total. The molecule has 2 heterocycles. The van der Waals surface area contributed by atoms with Gasteiger partial charge in [0.1, 0.15) is 11.4 Å². The molecule has 144 valence electrons. The number of hydrogen-bond donors (Lipinski definition) is 2. The van der Waals surface area contributed by atoms with Crippen molar-refractivity contribution < 1.29 is 68.4 Å². The van der Waals surface area contributed by atoms with Gasteiger partial charge in [-0.25, -0.2) is 0 Å². The molecule has 0 unspecified atom stereocenters. The van der Waals surface area contributed by atoms with E-state index in [1.165, 1.54) is 0 Å². The second-order valence-electron chi connectivity index (χ2n) is 3.12. The number of aliphatic hydroxyl groups excluding tert-OH is 2. The molecule has 2 amide bonds. The van der Waals surface area contributed by atoms with Crippen LogP contribution in [0.3, 0.4) is 0 Å². The van der Waals surface area contributed by atoms with Crippen molar-refractivity contribution in [1.82, 2.24) is 0 Å². The van der Waals surface area contributed by atoms with Crippen LogP contribution in [0.15, 0.2) is 68.0 Å². The first-order valence-electron chi connectivity index (χ1n) is 4.88. The Balaban J connectivity index is -0.0000000889. The number of carbonyl (C=O) groups excluding carboxylic acids is 2. The van der Waals surface area contributed by atoms with E-state index in [1.807, 2.05) is 0 Å². The summed E-state index contributed by atoms with van der Waals surface area (Å²) in [6, 6.07) is 0. The monoisotopic (exact) mass is 410 g/mol. The van der Waals surface area contributed by atoms with Gasteiger partial charge in [-0.1, -0.05) is 0 Å². The second kappa shape index (κ2) is 15.9. The number of azo groups is 2. The summed E-state index contributed by atoms with van der Waals surface area (Å²) < 4.78 is 0. The Morgan fingerprint density at radius 3 is 1.16 bits per heavy atom. The van der Waals surface area contributed by atoms with Gasteiger partial charge in [0.25, 0.3) is 11.8 Å². The van der Waals surface area contributed by atoms with Gasteiger partial charge in [0.2, 0.25) is 0 Å². The van der Waals surface area contributed by atoms with Crippen molar-refractivity contribution in [1.29, 1.82) is 0 Å². The van der Waals surface area contributed by atoms with E-state index in [0.717, 1.165) is 24.3 Å². The molecular formula is C10H16N4NiO10+2. The van der Waals surface area contributed by atoms with Crippen LogP contribution in [0.5, 0.6) is 0 Å². The zero-order valence-electron chi connectivity index (χ0n) is 12.1. The van der Waals surface area contributed by atoms with Crippen molar-refractivity contribution in [3.63, 3.8) is 0 Å². The van der Waals surface area contributed by atoms with Crippen LogP contribution >= 0.6 is 0 Å². The Kier molecular flexibility index (Phi) is 21.4. The Hall–Kier alpha value is -2.97. The summed E-state index contributed by atoms with van der Waals surface area (Å²) >= 11 is 0. The topological polar surface area (TPSA) is 299 Å². The maximum Gasteiger partial charge on any atom is 2.00 e. The molecule has 0 fully saturated rings. The first-order valence-corrected chi connectivity index (χ1v) is 4.88. The molecule has 25 heavy (non-hydrogen) atoms. The van der Waals surface area contributed by atoms with Crippen molar-refractivity contribution in [3.8, 4) is 0 Å². The van der Waals surface area contributed by atoms with Crippen LogP contribution in [0.2, 0.25) is 0 Å². The molecule has 2 aliphatic heterocycles. The predicted molar refractivity (Wildman–Crippen MR) is 74.3 cm³/mol. The van der Waals surface area contributed by atoms with E-state index in [1.54, 1.807) is 0 Å². The summed E-state index contributed by atoms with van der Waals surface area (Å²) in [6.45, 7) is 0. The summed E-state index contributed by atoms with van der Waals surface area (Å²) in [5.41, 5.74) is -0.445. The number of allylic oxidation sites excluding steroid dienone is 2. The fourth-order valence-electron chi connectivity index (χ4n) is 0.868. The Morgan fingerprint density at radius 1 is 0.720 bits per heavy atom. The van der Waals surface area contributed by atoms with Crippen LogP contribution in [0.4, 0.5) is 0 Å². The smallest absolute Gasteiger partial charge is 0.628 e. The van der Waals surface area contributed by atoms with Gasteiger partial charge < -0.3 is 42.3 Å². The van der Waals surface area contributed by atoms with Crippen molar-refractivity contribution in [2.24, 2.45) is 20.5 Å². The average Bonchev–Trinajstić information content (AvgIpc) is 2.40. The van der Waals surface area contributed by atoms with Gasteiger partial charge in [-0.15, -0.1) is 20.5 Å². The summed E-state index contributed by atoms with van der Waals surface area (Å²) in [6.07, 6.45) is 4.32. The van der Waals surface area contributed by atoms with Crippen LogP contribution in [0.1, 0.15) is 0 Å².